The van der Waals surface area contributed by atoms with Gasteiger partial charge in [0.2, 0.25) is 0 Å². The van der Waals surface area contributed by atoms with Crippen LogP contribution >= 0.6 is 0 Å². The molecule has 6 heteroatoms. The fraction of sp³-hybridized carbons (Fsp3) is 0.433. The molecule has 6 nitrogen and oxygen atoms in total. The van der Waals surface area contributed by atoms with Gasteiger partial charge in [0.1, 0.15) is 30.8 Å². The standard InChI is InChI=1S/C60H70N4O2/c1-5-45-37-63(7-3)30-26-48(45)34-57(63)59(53-24-28-61-55-14-10-8-12-51(53)55)65-39-42-17-19-43(20-18-42)40-66-60(54-25-29-62-56-15-11-9-13-52(54)56)58-35-49-27-31-64(58,38-46(49)6-2)36-44-21-23-47-22-16-41(4)32-50(47)33-44/h8-25,28-29,32-33,45-46,48-49,57-60H,5-7,26-27,30-31,34-40H2,1-4H3/q+2/t45?,46?,48?,49?,57?,58?,59-,60-,63?,64?/m1/s1. The summed E-state index contributed by atoms with van der Waals surface area (Å²) in [6, 6.07) is 45.8. The summed E-state index contributed by atoms with van der Waals surface area (Å²) in [5, 5.41) is 5.10. The molecule has 340 valence electrons. The molecular formula is C60H70N4O2+2. The first kappa shape index (κ1) is 43.6. The Labute approximate surface area is 393 Å². The molecule has 8 unspecified atom stereocenters. The van der Waals surface area contributed by atoms with Crippen LogP contribution in [0.15, 0.2) is 134 Å². The van der Waals surface area contributed by atoms with Crippen LogP contribution in [0.4, 0.5) is 0 Å². The molecule has 6 saturated heterocycles. The third kappa shape index (κ3) is 8.06. The predicted molar refractivity (Wildman–Crippen MR) is 268 cm³/mol. The van der Waals surface area contributed by atoms with Crippen molar-refractivity contribution >= 4 is 32.6 Å². The number of piperidine rings is 6. The van der Waals surface area contributed by atoms with E-state index in [1.807, 2.05) is 12.4 Å². The number of para-hydroxylation sites is 2. The van der Waals surface area contributed by atoms with E-state index in [1.165, 1.54) is 124 Å². The minimum absolute atomic E-state index is 0.000268. The van der Waals surface area contributed by atoms with Gasteiger partial charge in [0.25, 0.3) is 0 Å². The van der Waals surface area contributed by atoms with Crippen LogP contribution in [0.2, 0.25) is 0 Å². The van der Waals surface area contributed by atoms with E-state index in [-0.39, 0.29) is 12.2 Å². The zero-order valence-electron chi connectivity index (χ0n) is 39.8. The molecule has 5 aromatic carbocycles. The van der Waals surface area contributed by atoms with E-state index >= 15 is 0 Å². The maximum Gasteiger partial charge on any atom is 0.135 e. The summed E-state index contributed by atoms with van der Waals surface area (Å²) < 4.78 is 17.0. The Morgan fingerprint density at radius 3 is 1.65 bits per heavy atom. The number of likely N-dealkylation sites (N-methyl/N-ethyl adjacent to an activating group) is 1. The quantitative estimate of drug-likeness (QED) is 0.0963. The lowest BCUT2D eigenvalue weighted by atomic mass is 9.70. The molecule has 2 aromatic heterocycles. The van der Waals surface area contributed by atoms with E-state index in [1.54, 1.807) is 0 Å². The highest BCUT2D eigenvalue weighted by atomic mass is 16.5. The second kappa shape index (κ2) is 18.3. The van der Waals surface area contributed by atoms with Gasteiger partial charge in [0.05, 0.1) is 57.0 Å². The fourth-order valence-corrected chi connectivity index (χ4v) is 14.1. The highest BCUT2D eigenvalue weighted by Gasteiger charge is 2.56. The minimum atomic E-state index is -0.0673. The molecule has 13 rings (SSSR count). The van der Waals surface area contributed by atoms with E-state index in [9.17, 15) is 0 Å². The van der Waals surface area contributed by atoms with Crippen molar-refractivity contribution in [1.82, 2.24) is 9.97 Å². The van der Waals surface area contributed by atoms with Gasteiger partial charge in [-0.05, 0) is 102 Å². The first-order valence-corrected chi connectivity index (χ1v) is 25.5. The van der Waals surface area contributed by atoms with Crippen molar-refractivity contribution in [3.05, 3.63) is 167 Å². The lowest BCUT2D eigenvalue weighted by Gasteiger charge is -2.59. The lowest BCUT2D eigenvalue weighted by molar-refractivity contribution is -0.986. The second-order valence-electron chi connectivity index (χ2n) is 21.1. The third-order valence-electron chi connectivity index (χ3n) is 17.7. The molecule has 0 amide bonds. The monoisotopic (exact) mass is 879 g/mol. The van der Waals surface area contributed by atoms with Gasteiger partial charge in [-0.15, -0.1) is 0 Å². The van der Waals surface area contributed by atoms with Gasteiger partial charge in [-0.2, -0.15) is 0 Å². The number of hydrogen-bond donors (Lipinski definition) is 0. The molecule has 66 heavy (non-hydrogen) atoms. The van der Waals surface area contributed by atoms with Gasteiger partial charge in [-0.3, -0.25) is 9.97 Å². The van der Waals surface area contributed by atoms with Gasteiger partial charge in [0.15, 0.2) is 0 Å². The summed E-state index contributed by atoms with van der Waals surface area (Å²) in [5.41, 5.74) is 9.84. The molecule has 4 bridgehead atoms. The lowest BCUT2D eigenvalue weighted by Crippen LogP contribution is -2.68. The summed E-state index contributed by atoms with van der Waals surface area (Å²) in [6.45, 7) is 17.7. The number of fused-ring (bicyclic) bond motifs is 9. The first-order valence-electron chi connectivity index (χ1n) is 25.5. The molecule has 6 fully saturated rings. The molecule has 6 aliphatic rings. The average molecular weight is 879 g/mol. The van der Waals surface area contributed by atoms with Crippen LogP contribution in [0.3, 0.4) is 0 Å². The molecule has 6 aliphatic heterocycles. The summed E-state index contributed by atoms with van der Waals surface area (Å²) in [4.78, 5) is 9.61. The smallest absolute Gasteiger partial charge is 0.135 e. The van der Waals surface area contributed by atoms with Crippen molar-refractivity contribution in [3.63, 3.8) is 0 Å². The molecule has 10 atom stereocenters. The Kier molecular flexibility index (Phi) is 12.1. The van der Waals surface area contributed by atoms with Crippen LogP contribution < -0.4 is 0 Å². The number of ether oxygens (including phenoxy) is 2. The van der Waals surface area contributed by atoms with Crippen LogP contribution in [0.25, 0.3) is 32.6 Å². The molecule has 0 spiro atoms. The number of aromatic nitrogens is 2. The van der Waals surface area contributed by atoms with Crippen molar-refractivity contribution in [3.8, 4) is 0 Å². The minimum Gasteiger partial charge on any atom is -0.363 e. The summed E-state index contributed by atoms with van der Waals surface area (Å²) in [6.07, 6.45) is 11.5. The summed E-state index contributed by atoms with van der Waals surface area (Å²) in [7, 11) is 0. The maximum absolute atomic E-state index is 7.44. The molecular weight excluding hydrogens is 809 g/mol. The van der Waals surface area contributed by atoms with Crippen LogP contribution in [-0.2, 0) is 29.2 Å². The third-order valence-corrected chi connectivity index (χ3v) is 17.7. The zero-order chi connectivity index (χ0) is 44.8. The van der Waals surface area contributed by atoms with E-state index in [0.717, 1.165) is 52.3 Å². The molecule has 0 radical (unpaired) electrons. The van der Waals surface area contributed by atoms with Gasteiger partial charge < -0.3 is 18.4 Å². The number of hydrogen-bond acceptors (Lipinski definition) is 4. The number of benzene rings is 5. The predicted octanol–water partition coefficient (Wildman–Crippen LogP) is 13.3. The van der Waals surface area contributed by atoms with Crippen molar-refractivity contribution in [2.45, 2.75) is 110 Å². The Morgan fingerprint density at radius 1 is 0.561 bits per heavy atom. The van der Waals surface area contributed by atoms with Gasteiger partial charge in [0, 0.05) is 66.2 Å². The average Bonchev–Trinajstić information content (AvgIpc) is 3.37. The van der Waals surface area contributed by atoms with Gasteiger partial charge in [-0.1, -0.05) is 110 Å². The SMILES string of the molecule is CCC1C[N+]2(CC)CCC1CC2[C@H](OCc1ccc(CO[C@H](c2ccnc3ccccc23)C2CC3CC[N+]2(Cc2ccc4ccc(C)cc4c2)CC3CC)cc1)c1ccnc2ccccc12. The van der Waals surface area contributed by atoms with Crippen LogP contribution in [0.1, 0.15) is 105 Å². The highest BCUT2D eigenvalue weighted by Crippen LogP contribution is 2.51. The van der Waals surface area contributed by atoms with Crippen molar-refractivity contribution < 1.29 is 18.4 Å². The number of quaternary nitrogens is 2. The molecule has 0 N–H and O–H groups in total. The van der Waals surface area contributed by atoms with Crippen LogP contribution in [0.5, 0.6) is 0 Å². The van der Waals surface area contributed by atoms with E-state index in [0.29, 0.717) is 25.3 Å². The Bertz CT molecular complexity index is 2810. The number of rotatable bonds is 15. The maximum atomic E-state index is 7.44. The Hall–Kier alpha value is -4.98. The molecule has 7 aromatic rings. The van der Waals surface area contributed by atoms with Gasteiger partial charge in [-0.25, -0.2) is 0 Å². The number of aryl methyl sites for hydroxylation is 1. The molecule has 0 aliphatic carbocycles. The van der Waals surface area contributed by atoms with E-state index < -0.39 is 0 Å². The van der Waals surface area contributed by atoms with Crippen LogP contribution in [0, 0.1) is 30.6 Å². The first-order chi connectivity index (χ1) is 32.4. The normalized spacial score (nSPS) is 28.0. The second-order valence-corrected chi connectivity index (χ2v) is 21.1. The highest BCUT2D eigenvalue weighted by molar-refractivity contribution is 5.84. The zero-order valence-corrected chi connectivity index (χ0v) is 39.8. The van der Waals surface area contributed by atoms with Gasteiger partial charge >= 0.3 is 0 Å². The van der Waals surface area contributed by atoms with Crippen molar-refractivity contribution in [2.75, 3.05) is 32.7 Å². The van der Waals surface area contributed by atoms with Crippen molar-refractivity contribution in [1.29, 1.82) is 0 Å². The summed E-state index contributed by atoms with van der Waals surface area (Å²) in [5.74, 6) is 3.07. The largest absolute Gasteiger partial charge is 0.363 e. The molecule has 0 saturated carbocycles. The van der Waals surface area contributed by atoms with E-state index in [2.05, 4.69) is 149 Å². The van der Waals surface area contributed by atoms with Crippen LogP contribution in [-0.4, -0.2) is 63.7 Å². The summed E-state index contributed by atoms with van der Waals surface area (Å²) >= 11 is 0. The topological polar surface area (TPSA) is 44.2 Å². The number of nitrogens with zero attached hydrogens (tertiary/aromatic N) is 4. The van der Waals surface area contributed by atoms with Crippen molar-refractivity contribution in [2.24, 2.45) is 23.7 Å². The fourth-order valence-electron chi connectivity index (χ4n) is 14.1. The Morgan fingerprint density at radius 2 is 1.08 bits per heavy atom. The van der Waals surface area contributed by atoms with E-state index in [4.69, 9.17) is 19.4 Å². The molecule has 8 heterocycles. The Balaban J connectivity index is 0.879. The number of pyridine rings is 2.